The second-order valence-electron chi connectivity index (χ2n) is 6.97. The van der Waals surface area contributed by atoms with E-state index < -0.39 is 59.3 Å². The summed E-state index contributed by atoms with van der Waals surface area (Å²) in [5.41, 5.74) is 2.21. The van der Waals surface area contributed by atoms with E-state index in [9.17, 15) is 38.5 Å². The zero-order valence-corrected chi connectivity index (χ0v) is 20.3. The Morgan fingerprint density at radius 1 is 1.24 bits per heavy atom. The summed E-state index contributed by atoms with van der Waals surface area (Å²) in [7, 11) is -17.0. The van der Waals surface area contributed by atoms with Crippen LogP contribution in [-0.4, -0.2) is 63.3 Å². The zero-order valence-electron chi connectivity index (χ0n) is 17.6. The number of aryl methyl sites for hydroxylation is 1. The number of aliphatic hydroxyl groups is 2. The molecule has 1 aromatic heterocycles. The Hall–Kier alpha value is -1.47. The second kappa shape index (κ2) is 9.88. The van der Waals surface area contributed by atoms with Crippen molar-refractivity contribution >= 4 is 29.3 Å². The highest BCUT2D eigenvalue weighted by molar-refractivity contribution is 7.66. The molecule has 0 radical (unpaired) electrons. The topological polar surface area (TPSA) is 270 Å². The summed E-state index contributed by atoms with van der Waals surface area (Å²) in [5.74, 6) is 4.52. The van der Waals surface area contributed by atoms with Crippen molar-refractivity contribution in [3.63, 3.8) is 0 Å². The Morgan fingerprint density at radius 3 is 2.32 bits per heavy atom. The van der Waals surface area contributed by atoms with E-state index in [1.54, 1.807) is 0 Å². The molecular weight excluding hydrogens is 527 g/mol. The normalized spacial score (nSPS) is 29.5. The smallest absolute Gasteiger partial charge is 0.386 e. The van der Waals surface area contributed by atoms with E-state index >= 15 is 0 Å². The molecule has 0 amide bonds. The molecule has 1 aliphatic heterocycles. The van der Waals surface area contributed by atoms with E-state index in [4.69, 9.17) is 20.3 Å². The lowest BCUT2D eigenvalue weighted by Gasteiger charge is -2.28. The molecule has 0 bridgehead atoms. The summed E-state index contributed by atoms with van der Waals surface area (Å²) < 4.78 is 52.6. The van der Waals surface area contributed by atoms with Gasteiger partial charge >= 0.3 is 29.2 Å². The number of ether oxygens (including phenoxy) is 1. The van der Waals surface area contributed by atoms with Crippen LogP contribution in [0.5, 0.6) is 0 Å². The minimum absolute atomic E-state index is 0.139. The van der Waals surface area contributed by atoms with Crippen LogP contribution in [0.1, 0.15) is 25.8 Å². The predicted octanol–water partition coefficient (Wildman–Crippen LogP) is -1.12. The SMILES string of the molecule is CC#CC1(O)[C@@H](O)[C@@H]([C@@H](C)OP(=O)(O)OP(=O)(O)OP(=O)(O)O)O[C@H]1n1c(C)cc(N)nc1=O. The van der Waals surface area contributed by atoms with E-state index in [1.165, 1.54) is 19.9 Å². The summed E-state index contributed by atoms with van der Waals surface area (Å²) in [5, 5.41) is 21.7. The first-order valence-electron chi connectivity index (χ1n) is 8.99. The van der Waals surface area contributed by atoms with Crippen LogP contribution in [-0.2, 0) is 31.6 Å². The average Bonchev–Trinajstić information content (AvgIpc) is 2.83. The number of anilines is 1. The highest BCUT2D eigenvalue weighted by atomic mass is 31.3. The third-order valence-electron chi connectivity index (χ3n) is 4.33. The molecular formula is C14H22N3O14P3. The van der Waals surface area contributed by atoms with Gasteiger partial charge in [0.15, 0.2) is 11.8 Å². The summed E-state index contributed by atoms with van der Waals surface area (Å²) in [6.07, 6.45) is -7.12. The third-order valence-corrected chi connectivity index (χ3v) is 8.26. The van der Waals surface area contributed by atoms with Crippen LogP contribution in [0.4, 0.5) is 5.82 Å². The van der Waals surface area contributed by atoms with Gasteiger partial charge < -0.3 is 40.3 Å². The highest BCUT2D eigenvalue weighted by Crippen LogP contribution is 2.66. The molecule has 17 nitrogen and oxygen atoms in total. The molecule has 0 saturated carbocycles. The van der Waals surface area contributed by atoms with Gasteiger partial charge in [0.2, 0.25) is 0 Å². The lowest BCUT2D eigenvalue weighted by Crippen LogP contribution is -2.49. The first-order chi connectivity index (χ1) is 15.3. The number of hydrogen-bond acceptors (Lipinski definition) is 12. The Labute approximate surface area is 191 Å². The second-order valence-corrected chi connectivity index (χ2v) is 11.3. The monoisotopic (exact) mass is 549 g/mol. The summed E-state index contributed by atoms with van der Waals surface area (Å²) in [6, 6.07) is 1.26. The van der Waals surface area contributed by atoms with Crippen LogP contribution < -0.4 is 11.4 Å². The Morgan fingerprint density at radius 2 is 1.82 bits per heavy atom. The lowest BCUT2D eigenvalue weighted by molar-refractivity contribution is -0.0877. The van der Waals surface area contributed by atoms with Gasteiger partial charge in [-0.1, -0.05) is 5.92 Å². The molecule has 3 unspecified atom stereocenters. The number of phosphoric ester groups is 1. The number of aliphatic hydroxyl groups excluding tert-OH is 1. The maximum Gasteiger partial charge on any atom is 0.490 e. The fourth-order valence-corrected chi connectivity index (χ4v) is 6.37. The average molecular weight is 549 g/mol. The van der Waals surface area contributed by atoms with Crippen LogP contribution in [0.25, 0.3) is 0 Å². The molecule has 0 spiro atoms. The predicted molar refractivity (Wildman–Crippen MR) is 110 cm³/mol. The summed E-state index contributed by atoms with van der Waals surface area (Å²) in [4.78, 5) is 52.1. The molecule has 8 N–H and O–H groups in total. The fourth-order valence-electron chi connectivity index (χ4n) is 3.17. The van der Waals surface area contributed by atoms with Crippen LogP contribution >= 0.6 is 23.5 Å². The molecule has 2 heterocycles. The van der Waals surface area contributed by atoms with Gasteiger partial charge in [0.1, 0.15) is 18.0 Å². The van der Waals surface area contributed by atoms with Crippen molar-refractivity contribution in [2.75, 3.05) is 5.73 Å². The quantitative estimate of drug-likeness (QED) is 0.149. The van der Waals surface area contributed by atoms with Crippen molar-refractivity contribution in [1.82, 2.24) is 9.55 Å². The molecule has 2 rings (SSSR count). The Bertz CT molecular complexity index is 1200. The van der Waals surface area contributed by atoms with Crippen molar-refractivity contribution in [3.8, 4) is 11.8 Å². The van der Waals surface area contributed by atoms with E-state index in [0.29, 0.717) is 0 Å². The van der Waals surface area contributed by atoms with Crippen molar-refractivity contribution in [2.45, 2.75) is 50.9 Å². The molecule has 0 aliphatic carbocycles. The Kier molecular flexibility index (Phi) is 8.36. The number of hydrogen-bond donors (Lipinski definition) is 7. The molecule has 0 aromatic carbocycles. The molecule has 192 valence electrons. The maximum absolute atomic E-state index is 12.4. The number of nitrogen functional groups attached to an aromatic ring is 1. The molecule has 1 aliphatic rings. The fraction of sp³-hybridized carbons (Fsp3) is 0.571. The van der Waals surface area contributed by atoms with E-state index in [-0.39, 0.29) is 11.5 Å². The molecule has 1 saturated heterocycles. The van der Waals surface area contributed by atoms with Gasteiger partial charge in [-0.2, -0.15) is 13.6 Å². The third kappa shape index (κ3) is 6.60. The van der Waals surface area contributed by atoms with Crippen LogP contribution in [0.3, 0.4) is 0 Å². The van der Waals surface area contributed by atoms with Crippen LogP contribution in [0, 0.1) is 18.8 Å². The highest BCUT2D eigenvalue weighted by Gasteiger charge is 2.59. The van der Waals surface area contributed by atoms with E-state index in [2.05, 4.69) is 30.0 Å². The van der Waals surface area contributed by atoms with Gasteiger partial charge in [0.05, 0.1) is 6.10 Å². The molecule has 20 heteroatoms. The number of nitrogens with zero attached hydrogens (tertiary/aromatic N) is 2. The van der Waals surface area contributed by atoms with Gasteiger partial charge in [-0.3, -0.25) is 9.09 Å². The Balaban J connectivity index is 2.37. The summed E-state index contributed by atoms with van der Waals surface area (Å²) >= 11 is 0. The minimum atomic E-state index is -5.79. The van der Waals surface area contributed by atoms with Gasteiger partial charge in [-0.25, -0.2) is 18.5 Å². The van der Waals surface area contributed by atoms with Crippen molar-refractivity contribution in [1.29, 1.82) is 0 Å². The van der Waals surface area contributed by atoms with Crippen LogP contribution in [0.15, 0.2) is 10.9 Å². The number of aromatic nitrogens is 2. The maximum atomic E-state index is 12.4. The van der Waals surface area contributed by atoms with Crippen LogP contribution in [0.2, 0.25) is 0 Å². The number of rotatable bonds is 8. The van der Waals surface area contributed by atoms with E-state index in [0.717, 1.165) is 11.5 Å². The molecule has 34 heavy (non-hydrogen) atoms. The van der Waals surface area contributed by atoms with Crippen molar-refractivity contribution in [2.24, 2.45) is 0 Å². The van der Waals surface area contributed by atoms with Gasteiger partial charge in [-0.05, 0) is 26.8 Å². The zero-order chi connectivity index (χ0) is 26.3. The van der Waals surface area contributed by atoms with Gasteiger partial charge in [0, 0.05) is 5.69 Å². The summed E-state index contributed by atoms with van der Waals surface area (Å²) in [6.45, 7) is 3.74. The van der Waals surface area contributed by atoms with Crippen molar-refractivity contribution in [3.05, 3.63) is 22.2 Å². The molecule has 1 fully saturated rings. The first kappa shape index (κ1) is 28.8. The van der Waals surface area contributed by atoms with Crippen molar-refractivity contribution < 1.29 is 61.4 Å². The van der Waals surface area contributed by atoms with Gasteiger partial charge in [-0.15, -0.1) is 5.92 Å². The molecule has 7 atom stereocenters. The largest absolute Gasteiger partial charge is 0.490 e. The number of phosphoric acid groups is 3. The number of nitrogens with two attached hydrogens (primary N) is 1. The lowest BCUT2D eigenvalue weighted by atomic mass is 9.92. The van der Waals surface area contributed by atoms with E-state index in [1.807, 2.05) is 0 Å². The molecule has 1 aromatic rings. The minimum Gasteiger partial charge on any atom is -0.386 e. The standard InChI is InChI=1S/C14H22N3O14P3/c1-4-5-14(20)11(18)10(28-12(14)17-7(2)6-9(15)16-13(17)19)8(3)29-33(24,25)31-34(26,27)30-32(21,22)23/h6,8,10-12,18,20H,1-3H3,(H,24,25)(H,26,27)(H2,15,16,19)(H2,21,22,23)/t8-,10-,11+,12-,14?/m1/s1. The van der Waals surface area contributed by atoms with Gasteiger partial charge in [0.25, 0.3) is 0 Å². The first-order valence-corrected chi connectivity index (χ1v) is 13.5.